The Morgan fingerprint density at radius 2 is 2.14 bits per heavy atom. The molecule has 0 saturated carbocycles. The highest BCUT2D eigenvalue weighted by Crippen LogP contribution is 2.35. The van der Waals surface area contributed by atoms with Crippen molar-refractivity contribution in [1.29, 1.82) is 0 Å². The van der Waals surface area contributed by atoms with E-state index in [0.29, 0.717) is 12.4 Å². The van der Waals surface area contributed by atoms with Gasteiger partial charge in [0.2, 0.25) is 0 Å². The van der Waals surface area contributed by atoms with Crippen LogP contribution in [-0.2, 0) is 0 Å². The van der Waals surface area contributed by atoms with Gasteiger partial charge in [0.25, 0.3) is 0 Å². The molecular weight excluding hydrogens is 268 g/mol. The zero-order valence-corrected chi connectivity index (χ0v) is 12.0. The summed E-state index contributed by atoms with van der Waals surface area (Å²) >= 11 is 0. The molecule has 1 saturated heterocycles. The monoisotopic (exact) mass is 286 g/mol. The number of fused-ring (bicyclic) bond motifs is 1. The van der Waals surface area contributed by atoms with Crippen molar-refractivity contribution in [2.75, 3.05) is 24.6 Å². The maximum atomic E-state index is 11.5. The fourth-order valence-corrected chi connectivity index (χ4v) is 2.89. The average molecular weight is 286 g/mol. The molecule has 0 spiro atoms. The predicted octanol–water partition coefficient (Wildman–Crippen LogP) is 2.93. The lowest BCUT2D eigenvalue weighted by molar-refractivity contribution is 0.0697. The molecule has 0 atom stereocenters. The summed E-state index contributed by atoms with van der Waals surface area (Å²) in [5.41, 5.74) is 1.76. The molecule has 0 radical (unpaired) electrons. The minimum absolute atomic E-state index is 0.262. The van der Waals surface area contributed by atoms with Crippen molar-refractivity contribution in [3.63, 3.8) is 0 Å². The van der Waals surface area contributed by atoms with Crippen LogP contribution < -0.4 is 9.64 Å². The SMILES string of the molecule is CCOc1cccc2c(N3CCCC3)c(C(=O)O)cnc12. The van der Waals surface area contributed by atoms with Crippen LogP contribution >= 0.6 is 0 Å². The number of carboxylic acids is 1. The van der Waals surface area contributed by atoms with Crippen LogP contribution in [-0.4, -0.2) is 35.8 Å². The number of carboxylic acid groups (broad SMARTS) is 1. The molecule has 1 aliphatic rings. The number of carbonyl (C=O) groups is 1. The van der Waals surface area contributed by atoms with Crippen LogP contribution in [0, 0.1) is 0 Å². The van der Waals surface area contributed by atoms with Gasteiger partial charge in [-0.3, -0.25) is 4.98 Å². The van der Waals surface area contributed by atoms with E-state index in [1.807, 2.05) is 25.1 Å². The van der Waals surface area contributed by atoms with Gasteiger partial charge in [0.1, 0.15) is 16.8 Å². The molecular formula is C16H18N2O3. The van der Waals surface area contributed by atoms with E-state index in [4.69, 9.17) is 4.74 Å². The molecule has 3 rings (SSSR count). The third kappa shape index (κ3) is 2.39. The van der Waals surface area contributed by atoms with Crippen molar-refractivity contribution < 1.29 is 14.6 Å². The second-order valence-corrected chi connectivity index (χ2v) is 5.11. The number of ether oxygens (including phenoxy) is 1. The third-order valence-corrected chi connectivity index (χ3v) is 3.78. The lowest BCUT2D eigenvalue weighted by Crippen LogP contribution is -2.21. The molecule has 0 amide bonds. The van der Waals surface area contributed by atoms with Gasteiger partial charge in [0, 0.05) is 24.7 Å². The summed E-state index contributed by atoms with van der Waals surface area (Å²) in [6.07, 6.45) is 3.63. The summed E-state index contributed by atoms with van der Waals surface area (Å²) in [5, 5.41) is 10.3. The van der Waals surface area contributed by atoms with E-state index in [1.165, 1.54) is 6.20 Å². The van der Waals surface area contributed by atoms with Crippen molar-refractivity contribution in [2.24, 2.45) is 0 Å². The first-order valence-electron chi connectivity index (χ1n) is 7.25. The van der Waals surface area contributed by atoms with Gasteiger partial charge in [0.05, 0.1) is 12.3 Å². The van der Waals surface area contributed by atoms with Gasteiger partial charge in [-0.05, 0) is 25.8 Å². The molecule has 0 unspecified atom stereocenters. The molecule has 1 aromatic heterocycles. The van der Waals surface area contributed by atoms with Crippen molar-refractivity contribution in [3.05, 3.63) is 30.0 Å². The number of anilines is 1. The van der Waals surface area contributed by atoms with Gasteiger partial charge >= 0.3 is 5.97 Å². The lowest BCUT2D eigenvalue weighted by Gasteiger charge is -2.22. The maximum absolute atomic E-state index is 11.5. The molecule has 2 aromatic rings. The predicted molar refractivity (Wildman–Crippen MR) is 81.3 cm³/mol. The first-order valence-corrected chi connectivity index (χ1v) is 7.25. The number of aromatic nitrogens is 1. The van der Waals surface area contributed by atoms with Crippen molar-refractivity contribution >= 4 is 22.6 Å². The second-order valence-electron chi connectivity index (χ2n) is 5.11. The molecule has 2 heterocycles. The molecule has 1 aromatic carbocycles. The molecule has 0 bridgehead atoms. The minimum Gasteiger partial charge on any atom is -0.492 e. The summed E-state index contributed by atoms with van der Waals surface area (Å²) in [6, 6.07) is 5.68. The lowest BCUT2D eigenvalue weighted by atomic mass is 10.1. The molecule has 5 heteroatoms. The number of rotatable bonds is 4. The zero-order valence-electron chi connectivity index (χ0n) is 12.0. The van der Waals surface area contributed by atoms with Crippen LogP contribution in [0.2, 0.25) is 0 Å². The number of hydrogen-bond donors (Lipinski definition) is 1. The van der Waals surface area contributed by atoms with Crippen molar-refractivity contribution in [2.45, 2.75) is 19.8 Å². The molecule has 1 N–H and O–H groups in total. The summed E-state index contributed by atoms with van der Waals surface area (Å²) < 4.78 is 5.61. The summed E-state index contributed by atoms with van der Waals surface area (Å²) in [6.45, 7) is 4.25. The molecule has 1 fully saturated rings. The number of pyridine rings is 1. The Kier molecular flexibility index (Phi) is 3.64. The van der Waals surface area contributed by atoms with Crippen LogP contribution in [0.3, 0.4) is 0 Å². The number of aromatic carboxylic acids is 1. The van der Waals surface area contributed by atoms with E-state index in [-0.39, 0.29) is 5.56 Å². The minimum atomic E-state index is -0.937. The van der Waals surface area contributed by atoms with E-state index in [9.17, 15) is 9.90 Å². The molecule has 1 aliphatic heterocycles. The second kappa shape index (κ2) is 5.60. The maximum Gasteiger partial charge on any atom is 0.339 e. The van der Waals surface area contributed by atoms with Gasteiger partial charge in [-0.1, -0.05) is 12.1 Å². The Morgan fingerprint density at radius 3 is 2.81 bits per heavy atom. The normalized spacial score (nSPS) is 14.6. The standard InChI is InChI=1S/C16H18N2O3/c1-2-21-13-7-5-6-11-14(13)17-10-12(16(19)20)15(11)18-8-3-4-9-18/h5-7,10H,2-4,8-9H2,1H3,(H,19,20). The topological polar surface area (TPSA) is 62.7 Å². The summed E-state index contributed by atoms with van der Waals surface area (Å²) in [7, 11) is 0. The summed E-state index contributed by atoms with van der Waals surface area (Å²) in [5.74, 6) is -0.236. The number of hydrogen-bond acceptors (Lipinski definition) is 4. The fraction of sp³-hybridized carbons (Fsp3) is 0.375. The van der Waals surface area contributed by atoms with Crippen LogP contribution in [0.1, 0.15) is 30.1 Å². The zero-order chi connectivity index (χ0) is 14.8. The smallest absolute Gasteiger partial charge is 0.339 e. The molecule has 0 aliphatic carbocycles. The van der Waals surface area contributed by atoms with E-state index in [0.717, 1.165) is 42.5 Å². The third-order valence-electron chi connectivity index (χ3n) is 3.78. The highest BCUT2D eigenvalue weighted by Gasteiger charge is 2.23. The Balaban J connectivity index is 2.25. The van der Waals surface area contributed by atoms with Crippen LogP contribution in [0.25, 0.3) is 10.9 Å². The van der Waals surface area contributed by atoms with E-state index < -0.39 is 5.97 Å². The van der Waals surface area contributed by atoms with E-state index in [2.05, 4.69) is 9.88 Å². The average Bonchev–Trinajstić information content (AvgIpc) is 3.00. The Bertz CT molecular complexity index is 679. The van der Waals surface area contributed by atoms with Crippen LogP contribution in [0.4, 0.5) is 5.69 Å². The fourth-order valence-electron chi connectivity index (χ4n) is 2.89. The number of nitrogens with zero attached hydrogens (tertiary/aromatic N) is 2. The quantitative estimate of drug-likeness (QED) is 0.936. The van der Waals surface area contributed by atoms with Gasteiger partial charge in [0.15, 0.2) is 0 Å². The first kappa shape index (κ1) is 13.7. The Hall–Kier alpha value is -2.30. The number of para-hydroxylation sites is 1. The van der Waals surface area contributed by atoms with Crippen LogP contribution in [0.5, 0.6) is 5.75 Å². The largest absolute Gasteiger partial charge is 0.492 e. The van der Waals surface area contributed by atoms with Gasteiger partial charge in [-0.15, -0.1) is 0 Å². The Labute approximate surface area is 123 Å². The Morgan fingerprint density at radius 1 is 1.38 bits per heavy atom. The van der Waals surface area contributed by atoms with E-state index >= 15 is 0 Å². The molecule has 5 nitrogen and oxygen atoms in total. The van der Waals surface area contributed by atoms with Gasteiger partial charge in [-0.25, -0.2) is 4.79 Å². The molecule has 110 valence electrons. The summed E-state index contributed by atoms with van der Waals surface area (Å²) in [4.78, 5) is 18.0. The van der Waals surface area contributed by atoms with Gasteiger partial charge < -0.3 is 14.7 Å². The van der Waals surface area contributed by atoms with Crippen LogP contribution in [0.15, 0.2) is 24.4 Å². The highest BCUT2D eigenvalue weighted by atomic mass is 16.5. The van der Waals surface area contributed by atoms with Crippen molar-refractivity contribution in [1.82, 2.24) is 4.98 Å². The first-order chi connectivity index (χ1) is 10.2. The molecule has 21 heavy (non-hydrogen) atoms. The highest BCUT2D eigenvalue weighted by molar-refractivity contribution is 6.06. The number of benzene rings is 1. The van der Waals surface area contributed by atoms with E-state index in [1.54, 1.807) is 0 Å². The van der Waals surface area contributed by atoms with Gasteiger partial charge in [-0.2, -0.15) is 0 Å². The van der Waals surface area contributed by atoms with Crippen molar-refractivity contribution in [3.8, 4) is 5.75 Å².